The van der Waals surface area contributed by atoms with Gasteiger partial charge in [0.2, 0.25) is 11.8 Å². The van der Waals surface area contributed by atoms with Crippen LogP contribution in [0.3, 0.4) is 0 Å². The lowest BCUT2D eigenvalue weighted by molar-refractivity contribution is -0.152. The second-order valence-electron chi connectivity index (χ2n) is 4.81. The smallest absolute Gasteiger partial charge is 0.310 e. The van der Waals surface area contributed by atoms with Gasteiger partial charge in [-0.15, -0.1) is 0 Å². The van der Waals surface area contributed by atoms with Crippen molar-refractivity contribution in [1.29, 1.82) is 0 Å². The molecule has 0 aromatic rings. The average molecular weight is 270 g/mol. The van der Waals surface area contributed by atoms with Gasteiger partial charge in [0.1, 0.15) is 0 Å². The summed E-state index contributed by atoms with van der Waals surface area (Å²) in [6.07, 6.45) is 1.55. The van der Waals surface area contributed by atoms with Crippen molar-refractivity contribution in [3.05, 3.63) is 0 Å². The molecule has 0 bridgehead atoms. The van der Waals surface area contributed by atoms with Crippen LogP contribution in [0.2, 0.25) is 0 Å². The molecular weight excluding hydrogens is 248 g/mol. The van der Waals surface area contributed by atoms with E-state index in [9.17, 15) is 14.4 Å². The summed E-state index contributed by atoms with van der Waals surface area (Å²) in [7, 11) is 1.59. The average Bonchev–Trinajstić information content (AvgIpc) is 2.39. The Morgan fingerprint density at radius 3 is 2.63 bits per heavy atom. The molecule has 1 saturated heterocycles. The highest BCUT2D eigenvalue weighted by molar-refractivity contribution is 5.84. The van der Waals surface area contributed by atoms with Gasteiger partial charge in [-0.2, -0.15) is 0 Å². The number of hydrogen-bond donors (Lipinski definition) is 0. The predicted molar refractivity (Wildman–Crippen MR) is 69.2 cm³/mol. The van der Waals surface area contributed by atoms with Crippen LogP contribution in [-0.4, -0.2) is 60.9 Å². The second-order valence-corrected chi connectivity index (χ2v) is 4.81. The number of likely N-dealkylation sites (tertiary alicyclic amines) is 1. The molecule has 6 heteroatoms. The summed E-state index contributed by atoms with van der Waals surface area (Å²) in [5.41, 5.74) is 0. The molecule has 0 N–H and O–H groups in total. The zero-order chi connectivity index (χ0) is 14.4. The van der Waals surface area contributed by atoms with Gasteiger partial charge in [0.15, 0.2) is 0 Å². The first-order valence-electron chi connectivity index (χ1n) is 6.61. The third kappa shape index (κ3) is 4.54. The Balaban J connectivity index is 2.52. The van der Waals surface area contributed by atoms with Gasteiger partial charge in [-0.1, -0.05) is 0 Å². The molecule has 6 nitrogen and oxygen atoms in total. The summed E-state index contributed by atoms with van der Waals surface area (Å²) < 4.78 is 4.99. The number of likely N-dealkylation sites (N-methyl/N-ethyl adjacent to an activating group) is 1. The maximum Gasteiger partial charge on any atom is 0.310 e. The number of rotatable bonds is 4. The lowest BCUT2D eigenvalue weighted by Gasteiger charge is -2.32. The molecule has 1 atom stereocenters. The quantitative estimate of drug-likeness (QED) is 0.688. The van der Waals surface area contributed by atoms with E-state index in [0.29, 0.717) is 19.7 Å². The highest BCUT2D eigenvalue weighted by Crippen LogP contribution is 2.18. The highest BCUT2D eigenvalue weighted by Gasteiger charge is 2.29. The van der Waals surface area contributed by atoms with Crippen LogP contribution in [0.25, 0.3) is 0 Å². The van der Waals surface area contributed by atoms with Gasteiger partial charge >= 0.3 is 5.97 Å². The Hall–Kier alpha value is -1.59. The van der Waals surface area contributed by atoms with Gasteiger partial charge < -0.3 is 14.5 Å². The number of carbonyl (C=O) groups is 3. The van der Waals surface area contributed by atoms with E-state index >= 15 is 0 Å². The Morgan fingerprint density at radius 1 is 1.37 bits per heavy atom. The van der Waals surface area contributed by atoms with Crippen molar-refractivity contribution in [2.24, 2.45) is 5.92 Å². The number of esters is 1. The maximum atomic E-state index is 12.0. The molecule has 1 aliphatic heterocycles. The van der Waals surface area contributed by atoms with Crippen molar-refractivity contribution in [3.8, 4) is 0 Å². The van der Waals surface area contributed by atoms with E-state index in [1.807, 2.05) is 0 Å². The van der Waals surface area contributed by atoms with E-state index in [1.165, 1.54) is 11.8 Å². The van der Waals surface area contributed by atoms with Crippen molar-refractivity contribution < 1.29 is 19.1 Å². The van der Waals surface area contributed by atoms with Crippen LogP contribution in [-0.2, 0) is 19.1 Å². The molecule has 19 heavy (non-hydrogen) atoms. The Bertz CT molecular complexity index is 357. The van der Waals surface area contributed by atoms with Gasteiger partial charge in [0.25, 0.3) is 0 Å². The molecular formula is C13H22N2O4. The normalized spacial score (nSPS) is 18.9. The molecule has 0 radical (unpaired) electrons. The summed E-state index contributed by atoms with van der Waals surface area (Å²) >= 11 is 0. The molecule has 108 valence electrons. The molecule has 1 aliphatic rings. The fourth-order valence-electron chi connectivity index (χ4n) is 2.07. The lowest BCUT2D eigenvalue weighted by atomic mass is 9.98. The van der Waals surface area contributed by atoms with Gasteiger partial charge in [0, 0.05) is 27.1 Å². The second kappa shape index (κ2) is 7.11. The summed E-state index contributed by atoms with van der Waals surface area (Å²) in [6.45, 7) is 4.64. The minimum atomic E-state index is -0.236. The SMILES string of the molecule is CCOC(=O)[C@H]1CCCN(C(=O)CN(C)C(C)=O)C1. The van der Waals surface area contributed by atoms with E-state index in [1.54, 1.807) is 18.9 Å². The van der Waals surface area contributed by atoms with Gasteiger partial charge in [-0.05, 0) is 19.8 Å². The minimum absolute atomic E-state index is 0.0604. The lowest BCUT2D eigenvalue weighted by Crippen LogP contribution is -2.46. The van der Waals surface area contributed by atoms with Crippen LogP contribution < -0.4 is 0 Å². The van der Waals surface area contributed by atoms with Crippen LogP contribution in [0, 0.1) is 5.92 Å². The highest BCUT2D eigenvalue weighted by atomic mass is 16.5. The summed E-state index contributed by atoms with van der Waals surface area (Å²) in [5.74, 6) is -0.737. The zero-order valence-electron chi connectivity index (χ0n) is 11.8. The van der Waals surface area contributed by atoms with Crippen molar-refractivity contribution >= 4 is 17.8 Å². The van der Waals surface area contributed by atoms with E-state index in [2.05, 4.69) is 0 Å². The van der Waals surface area contributed by atoms with Crippen molar-refractivity contribution in [3.63, 3.8) is 0 Å². The standard InChI is InChI=1S/C13H22N2O4/c1-4-19-13(18)11-6-5-7-15(8-11)12(17)9-14(3)10(2)16/h11H,4-9H2,1-3H3/t11-/m0/s1. The topological polar surface area (TPSA) is 66.9 Å². The van der Waals surface area contributed by atoms with E-state index in [4.69, 9.17) is 4.74 Å². The number of ether oxygens (including phenoxy) is 1. The molecule has 1 heterocycles. The maximum absolute atomic E-state index is 12.0. The molecule has 0 aliphatic carbocycles. The van der Waals surface area contributed by atoms with Crippen molar-refractivity contribution in [1.82, 2.24) is 9.80 Å². The number of piperidine rings is 1. The van der Waals surface area contributed by atoms with Crippen LogP contribution in [0.5, 0.6) is 0 Å². The van der Waals surface area contributed by atoms with E-state index in [0.717, 1.165) is 12.8 Å². The Labute approximate surface area is 113 Å². The van der Waals surface area contributed by atoms with Crippen LogP contribution >= 0.6 is 0 Å². The van der Waals surface area contributed by atoms with Gasteiger partial charge in [0.05, 0.1) is 19.1 Å². The molecule has 0 aromatic carbocycles. The number of amides is 2. The third-order valence-corrected chi connectivity index (χ3v) is 3.30. The minimum Gasteiger partial charge on any atom is -0.466 e. The fraction of sp³-hybridized carbons (Fsp3) is 0.769. The zero-order valence-corrected chi connectivity index (χ0v) is 11.8. The largest absolute Gasteiger partial charge is 0.466 e. The summed E-state index contributed by atoms with van der Waals surface area (Å²) in [5, 5.41) is 0. The number of nitrogens with zero attached hydrogens (tertiary/aromatic N) is 2. The van der Waals surface area contributed by atoms with Crippen LogP contribution in [0.15, 0.2) is 0 Å². The predicted octanol–water partition coefficient (Wildman–Crippen LogP) is 0.266. The number of hydrogen-bond acceptors (Lipinski definition) is 4. The number of carbonyl (C=O) groups excluding carboxylic acids is 3. The first-order valence-corrected chi connectivity index (χ1v) is 6.61. The first-order chi connectivity index (χ1) is 8.95. The van der Waals surface area contributed by atoms with Gasteiger partial charge in [-0.3, -0.25) is 14.4 Å². The van der Waals surface area contributed by atoms with Crippen LogP contribution in [0.1, 0.15) is 26.7 Å². The third-order valence-electron chi connectivity index (χ3n) is 3.30. The Kier molecular flexibility index (Phi) is 5.79. The summed E-state index contributed by atoms with van der Waals surface area (Å²) in [6, 6.07) is 0. The molecule has 0 saturated carbocycles. The van der Waals surface area contributed by atoms with Crippen molar-refractivity contribution in [2.45, 2.75) is 26.7 Å². The van der Waals surface area contributed by atoms with Gasteiger partial charge in [-0.25, -0.2) is 0 Å². The van der Waals surface area contributed by atoms with Crippen LogP contribution in [0.4, 0.5) is 0 Å². The van der Waals surface area contributed by atoms with E-state index in [-0.39, 0.29) is 30.2 Å². The van der Waals surface area contributed by atoms with Crippen molar-refractivity contribution in [2.75, 3.05) is 33.3 Å². The monoisotopic (exact) mass is 270 g/mol. The Morgan fingerprint density at radius 2 is 2.05 bits per heavy atom. The summed E-state index contributed by atoms with van der Waals surface area (Å²) in [4.78, 5) is 37.8. The molecule has 0 spiro atoms. The molecule has 0 unspecified atom stereocenters. The van der Waals surface area contributed by atoms with E-state index < -0.39 is 0 Å². The first kappa shape index (κ1) is 15.5. The molecule has 1 rings (SSSR count). The molecule has 0 aromatic heterocycles. The molecule has 1 fully saturated rings. The molecule has 2 amide bonds. The fourth-order valence-corrected chi connectivity index (χ4v) is 2.07.